The number of aliphatic hydroxyl groups excluding tert-OH is 1. The molecule has 0 unspecified atom stereocenters. The summed E-state index contributed by atoms with van der Waals surface area (Å²) in [6.45, 7) is 9.40. The fourth-order valence-corrected chi connectivity index (χ4v) is 5.36. The third-order valence-corrected chi connectivity index (χ3v) is 8.22. The molecule has 0 radical (unpaired) electrons. The molecule has 1 aliphatic rings. The van der Waals surface area contributed by atoms with Crippen molar-refractivity contribution in [3.05, 3.63) is 0 Å². The van der Waals surface area contributed by atoms with Crippen molar-refractivity contribution >= 4 is 53.4 Å². The molecule has 0 aromatic carbocycles. The van der Waals surface area contributed by atoms with Crippen LogP contribution in [0.2, 0.25) is 0 Å². The smallest absolute Gasteiger partial charge is 0.326 e. The zero-order valence-corrected chi connectivity index (χ0v) is 30.2. The minimum atomic E-state index is -1.55. The van der Waals surface area contributed by atoms with Gasteiger partial charge in [-0.1, -0.05) is 27.7 Å². The summed E-state index contributed by atoms with van der Waals surface area (Å²) in [7, 11) is 0. The number of nitrogens with two attached hydrogens (primary N) is 1. The first-order valence-corrected chi connectivity index (χ1v) is 17.0. The Labute approximate surface area is 301 Å². The highest BCUT2D eigenvalue weighted by Gasteiger charge is 2.41. The summed E-state index contributed by atoms with van der Waals surface area (Å²) in [5, 5.41) is 49.5. The molecule has 6 amide bonds. The largest absolute Gasteiger partial charge is 0.481 e. The number of amides is 6. The third kappa shape index (κ3) is 14.4. The normalized spacial score (nSPS) is 18.2. The number of nitrogens with zero attached hydrogens (tertiary/aromatic N) is 1. The van der Waals surface area contributed by atoms with Crippen LogP contribution in [0.5, 0.6) is 0 Å². The highest BCUT2D eigenvalue weighted by atomic mass is 16.4. The van der Waals surface area contributed by atoms with E-state index in [2.05, 4.69) is 26.6 Å². The number of aliphatic hydroxyl groups is 1. The lowest BCUT2D eigenvalue weighted by Gasteiger charge is -2.32. The fourth-order valence-electron chi connectivity index (χ4n) is 5.36. The van der Waals surface area contributed by atoms with Gasteiger partial charge in [-0.3, -0.25) is 38.4 Å². The summed E-state index contributed by atoms with van der Waals surface area (Å²) in [4.78, 5) is 113. The van der Waals surface area contributed by atoms with Crippen LogP contribution >= 0.6 is 0 Å². The van der Waals surface area contributed by atoms with Gasteiger partial charge in [0.2, 0.25) is 35.4 Å². The predicted octanol–water partition coefficient (Wildman–Crippen LogP) is -2.74. The van der Waals surface area contributed by atoms with Gasteiger partial charge >= 0.3 is 17.9 Å². The SMILES string of the molecule is CC(C)C[C@H](NC(=O)[C@@H](NC(=O)[C@@H]1CCCN1C(=O)[C@@H](NC(=O)[C@@H](N)CC(=O)O)[C@@H](C)O)C(C)C)C(=O)N[C@@H](C)C(=O)N[C@@H](CCC(=O)O)C(=O)O. The lowest BCUT2D eigenvalue weighted by Crippen LogP contribution is -2.61. The highest BCUT2D eigenvalue weighted by Crippen LogP contribution is 2.20. The molecule has 1 fully saturated rings. The van der Waals surface area contributed by atoms with Gasteiger partial charge in [-0.05, 0) is 51.4 Å². The van der Waals surface area contributed by atoms with Gasteiger partial charge in [0.15, 0.2) is 0 Å². The molecule has 1 aliphatic heterocycles. The van der Waals surface area contributed by atoms with Crippen molar-refractivity contribution in [3.63, 3.8) is 0 Å². The maximum atomic E-state index is 13.6. The van der Waals surface area contributed by atoms with E-state index in [4.69, 9.17) is 15.9 Å². The molecule has 1 rings (SSSR count). The molecule has 0 aromatic rings. The first-order chi connectivity index (χ1) is 24.1. The molecule has 1 heterocycles. The van der Waals surface area contributed by atoms with E-state index in [1.54, 1.807) is 27.7 Å². The number of rotatable bonds is 21. The van der Waals surface area contributed by atoms with Crippen LogP contribution in [-0.2, 0) is 43.2 Å². The Bertz CT molecular complexity index is 1340. The molecule has 0 aliphatic carbocycles. The van der Waals surface area contributed by atoms with E-state index in [-0.39, 0.29) is 31.7 Å². The summed E-state index contributed by atoms with van der Waals surface area (Å²) in [6.07, 6.45) is -2.42. The van der Waals surface area contributed by atoms with E-state index in [1.807, 2.05) is 0 Å². The Morgan fingerprint density at radius 3 is 1.83 bits per heavy atom. The summed E-state index contributed by atoms with van der Waals surface area (Å²) in [6, 6.07) is -9.36. The second kappa shape index (κ2) is 20.9. The number of hydrogen-bond donors (Lipinski definition) is 10. The zero-order chi connectivity index (χ0) is 40.0. The van der Waals surface area contributed by atoms with Crippen LogP contribution < -0.4 is 32.3 Å². The van der Waals surface area contributed by atoms with E-state index < -0.39 is 121 Å². The van der Waals surface area contributed by atoms with Gasteiger partial charge in [-0.15, -0.1) is 0 Å². The van der Waals surface area contributed by atoms with Crippen LogP contribution in [0.1, 0.15) is 80.1 Å². The lowest BCUT2D eigenvalue weighted by atomic mass is 9.99. The molecule has 0 spiro atoms. The van der Waals surface area contributed by atoms with E-state index >= 15 is 0 Å². The van der Waals surface area contributed by atoms with Crippen LogP contribution in [0.4, 0.5) is 0 Å². The number of hydrogen-bond acceptors (Lipinski definition) is 11. The monoisotopic (exact) mass is 743 g/mol. The average Bonchev–Trinajstić information content (AvgIpc) is 3.52. The maximum absolute atomic E-state index is 13.6. The van der Waals surface area contributed by atoms with Crippen molar-refractivity contribution in [2.45, 2.75) is 128 Å². The molecule has 20 heteroatoms. The van der Waals surface area contributed by atoms with Gasteiger partial charge in [-0.25, -0.2) is 4.79 Å². The summed E-state index contributed by atoms with van der Waals surface area (Å²) < 4.78 is 0. The topological polar surface area (TPSA) is 324 Å². The summed E-state index contributed by atoms with van der Waals surface area (Å²) in [5.41, 5.74) is 5.59. The second-order valence-electron chi connectivity index (χ2n) is 13.6. The zero-order valence-electron chi connectivity index (χ0n) is 30.2. The van der Waals surface area contributed by atoms with Crippen molar-refractivity contribution in [1.82, 2.24) is 31.5 Å². The Hall–Kier alpha value is -4.85. The molecule has 1 saturated heterocycles. The fraction of sp³-hybridized carbons (Fsp3) is 0.719. The number of aliphatic carboxylic acids is 3. The van der Waals surface area contributed by atoms with Crippen LogP contribution in [0.3, 0.4) is 0 Å². The molecular weight excluding hydrogens is 690 g/mol. The highest BCUT2D eigenvalue weighted by molar-refractivity contribution is 5.97. The number of carbonyl (C=O) groups is 9. The van der Waals surface area contributed by atoms with Crippen LogP contribution in [0.25, 0.3) is 0 Å². The Morgan fingerprint density at radius 1 is 0.731 bits per heavy atom. The Morgan fingerprint density at radius 2 is 1.33 bits per heavy atom. The summed E-state index contributed by atoms with van der Waals surface area (Å²) in [5.74, 6) is -9.70. The molecule has 0 aromatic heterocycles. The Kier molecular flexibility index (Phi) is 18.1. The van der Waals surface area contributed by atoms with E-state index in [1.165, 1.54) is 13.8 Å². The minimum absolute atomic E-state index is 0.0743. The van der Waals surface area contributed by atoms with Crippen molar-refractivity contribution in [2.75, 3.05) is 6.54 Å². The minimum Gasteiger partial charge on any atom is -0.481 e. The van der Waals surface area contributed by atoms with Crippen LogP contribution in [-0.4, -0.2) is 134 Å². The summed E-state index contributed by atoms with van der Waals surface area (Å²) >= 11 is 0. The predicted molar refractivity (Wildman–Crippen MR) is 181 cm³/mol. The number of likely N-dealkylation sites (tertiary alicyclic amines) is 1. The molecule has 11 N–H and O–H groups in total. The molecule has 294 valence electrons. The number of carbonyl (C=O) groups excluding carboxylic acids is 6. The van der Waals surface area contributed by atoms with Gasteiger partial charge < -0.3 is 57.6 Å². The van der Waals surface area contributed by atoms with E-state index in [0.29, 0.717) is 6.42 Å². The molecule has 0 saturated carbocycles. The van der Waals surface area contributed by atoms with Crippen LogP contribution in [0.15, 0.2) is 0 Å². The third-order valence-electron chi connectivity index (χ3n) is 8.22. The molecular formula is C32H53N7O13. The van der Waals surface area contributed by atoms with Gasteiger partial charge in [0.05, 0.1) is 18.6 Å². The quantitative estimate of drug-likeness (QED) is 0.0570. The van der Waals surface area contributed by atoms with Gasteiger partial charge in [0.25, 0.3) is 0 Å². The molecule has 20 nitrogen and oxygen atoms in total. The van der Waals surface area contributed by atoms with Crippen molar-refractivity contribution < 1.29 is 63.6 Å². The van der Waals surface area contributed by atoms with E-state index in [0.717, 1.165) is 4.90 Å². The molecule has 0 bridgehead atoms. The van der Waals surface area contributed by atoms with Crippen LogP contribution in [0, 0.1) is 11.8 Å². The van der Waals surface area contributed by atoms with Gasteiger partial charge in [0.1, 0.15) is 36.3 Å². The van der Waals surface area contributed by atoms with E-state index in [9.17, 15) is 53.4 Å². The van der Waals surface area contributed by atoms with Gasteiger partial charge in [0, 0.05) is 13.0 Å². The number of carboxylic acid groups (broad SMARTS) is 3. The van der Waals surface area contributed by atoms with Gasteiger partial charge in [-0.2, -0.15) is 0 Å². The lowest BCUT2D eigenvalue weighted by molar-refractivity contribution is -0.145. The van der Waals surface area contributed by atoms with Crippen molar-refractivity contribution in [2.24, 2.45) is 17.6 Å². The Balaban J connectivity index is 3.08. The number of carboxylic acids is 3. The number of nitrogens with one attached hydrogen (secondary N) is 5. The van der Waals surface area contributed by atoms with Crippen molar-refractivity contribution in [1.29, 1.82) is 0 Å². The van der Waals surface area contributed by atoms with Crippen molar-refractivity contribution in [3.8, 4) is 0 Å². The standard InChI is InChI=1S/C32H53N7O13/c1-14(2)12-20(28(47)34-16(5)26(45)35-19(32(51)52)9-10-22(41)42)36-30(49)24(15(3)4)37-29(48)21-8-7-11-39(21)31(50)25(17(6)40)38-27(46)18(33)13-23(43)44/h14-21,24-25,40H,7-13,33H2,1-6H3,(H,34,47)(H,35,45)(H,36,49)(H,37,48)(H,38,46)(H,41,42)(H,43,44)(H,51,52)/t16-,17+,18-,19-,20-,21-,24-,25-/m0/s1. The second-order valence-corrected chi connectivity index (χ2v) is 13.6. The maximum Gasteiger partial charge on any atom is 0.326 e. The first kappa shape index (κ1) is 45.2. The molecule has 52 heavy (non-hydrogen) atoms. The average molecular weight is 744 g/mol. The first-order valence-electron chi connectivity index (χ1n) is 17.0. The molecule has 8 atom stereocenters.